The number of nitrogens with one attached hydrogen (secondary N) is 2. The number of H-pyrrole nitrogens is 1. The number of aryl methyl sites for hydroxylation is 1. The number of para-hydroxylation sites is 1. The molecule has 1 aromatic carbocycles. The van der Waals surface area contributed by atoms with E-state index in [9.17, 15) is 9.59 Å². The number of furan rings is 1. The number of carbonyl (C=O) groups is 1. The Bertz CT molecular complexity index is 1170. The summed E-state index contributed by atoms with van der Waals surface area (Å²) in [6.45, 7) is 1.85. The topological polar surface area (TPSA) is 88.0 Å². The molecular formula is C20H15N3O3. The normalized spacial score (nSPS) is 10.8. The fraction of sp³-hybridized carbons (Fsp3) is 0.0500. The molecule has 0 unspecified atom stereocenters. The molecule has 1 amide bonds. The number of hydrogen-bond donors (Lipinski definition) is 2. The Hall–Kier alpha value is -3.67. The van der Waals surface area contributed by atoms with Gasteiger partial charge in [0.1, 0.15) is 17.1 Å². The van der Waals surface area contributed by atoms with Gasteiger partial charge in [0.15, 0.2) is 5.76 Å². The van der Waals surface area contributed by atoms with E-state index < -0.39 is 0 Å². The summed E-state index contributed by atoms with van der Waals surface area (Å²) >= 11 is 0. The number of fused-ring (bicyclic) bond motifs is 1. The van der Waals surface area contributed by atoms with Gasteiger partial charge >= 0.3 is 0 Å². The molecule has 0 saturated carbocycles. The number of rotatable bonds is 3. The van der Waals surface area contributed by atoms with Crippen LogP contribution in [0.25, 0.3) is 22.4 Å². The van der Waals surface area contributed by atoms with Crippen LogP contribution < -0.4 is 10.9 Å². The number of carbonyl (C=O) groups excluding carboxylic acids is 1. The van der Waals surface area contributed by atoms with E-state index in [2.05, 4.69) is 15.3 Å². The Kier molecular flexibility index (Phi) is 3.85. The third-order valence-electron chi connectivity index (χ3n) is 4.02. The summed E-state index contributed by atoms with van der Waals surface area (Å²) in [6, 6.07) is 15.9. The average Bonchev–Trinajstić information content (AvgIpc) is 3.09. The molecule has 4 rings (SSSR count). The monoisotopic (exact) mass is 345 g/mol. The number of benzene rings is 1. The molecule has 128 valence electrons. The van der Waals surface area contributed by atoms with Crippen LogP contribution in [-0.4, -0.2) is 15.9 Å². The summed E-state index contributed by atoms with van der Waals surface area (Å²) in [4.78, 5) is 31.8. The lowest BCUT2D eigenvalue weighted by molar-refractivity contribution is 0.102. The van der Waals surface area contributed by atoms with E-state index in [1.165, 1.54) is 6.20 Å². The number of aromatic amines is 1. The van der Waals surface area contributed by atoms with Crippen molar-refractivity contribution in [2.24, 2.45) is 0 Å². The van der Waals surface area contributed by atoms with E-state index in [0.29, 0.717) is 27.9 Å². The Labute approximate surface area is 148 Å². The van der Waals surface area contributed by atoms with Crippen molar-refractivity contribution >= 4 is 22.5 Å². The number of anilines is 1. The predicted octanol–water partition coefficient (Wildman–Crippen LogP) is 3.74. The van der Waals surface area contributed by atoms with Crippen molar-refractivity contribution in [3.8, 4) is 11.5 Å². The van der Waals surface area contributed by atoms with E-state index in [4.69, 9.17) is 4.42 Å². The van der Waals surface area contributed by atoms with E-state index >= 15 is 0 Å². The molecule has 3 heterocycles. The second-order valence-corrected chi connectivity index (χ2v) is 5.85. The van der Waals surface area contributed by atoms with Gasteiger partial charge in [-0.15, -0.1) is 0 Å². The summed E-state index contributed by atoms with van der Waals surface area (Å²) in [5.41, 5.74) is 1.48. The van der Waals surface area contributed by atoms with Crippen LogP contribution in [0.15, 0.2) is 70.0 Å². The van der Waals surface area contributed by atoms with Crippen LogP contribution in [0.5, 0.6) is 0 Å². The maximum Gasteiger partial charge on any atom is 0.271 e. The maximum atomic E-state index is 12.8. The Morgan fingerprint density at radius 3 is 2.73 bits per heavy atom. The molecule has 2 N–H and O–H groups in total. The minimum Gasteiger partial charge on any atom is -0.460 e. The van der Waals surface area contributed by atoms with Crippen LogP contribution in [0.4, 0.5) is 5.69 Å². The van der Waals surface area contributed by atoms with Crippen molar-refractivity contribution in [1.29, 1.82) is 0 Å². The number of nitrogens with zero attached hydrogens (tertiary/aromatic N) is 1. The van der Waals surface area contributed by atoms with Gasteiger partial charge in [0.25, 0.3) is 11.5 Å². The fourth-order valence-electron chi connectivity index (χ4n) is 2.77. The molecule has 6 heteroatoms. The van der Waals surface area contributed by atoms with Crippen molar-refractivity contribution < 1.29 is 9.21 Å². The quantitative estimate of drug-likeness (QED) is 0.592. The molecule has 0 bridgehead atoms. The Balaban J connectivity index is 1.83. The molecule has 3 aromatic heterocycles. The molecule has 0 aliphatic carbocycles. The number of amides is 1. The second kappa shape index (κ2) is 6.33. The van der Waals surface area contributed by atoms with Gasteiger partial charge in [0.05, 0.1) is 11.1 Å². The van der Waals surface area contributed by atoms with Crippen LogP contribution in [-0.2, 0) is 0 Å². The van der Waals surface area contributed by atoms with Gasteiger partial charge in [-0.3, -0.25) is 9.59 Å². The molecule has 6 nitrogen and oxygen atoms in total. The first-order chi connectivity index (χ1) is 12.6. The molecule has 0 fully saturated rings. The largest absolute Gasteiger partial charge is 0.460 e. The van der Waals surface area contributed by atoms with Gasteiger partial charge < -0.3 is 14.7 Å². The molecule has 0 aliphatic heterocycles. The number of aromatic nitrogens is 2. The fourth-order valence-corrected chi connectivity index (χ4v) is 2.77. The van der Waals surface area contributed by atoms with Crippen molar-refractivity contribution in [3.05, 3.63) is 82.5 Å². The van der Waals surface area contributed by atoms with Crippen molar-refractivity contribution in [1.82, 2.24) is 9.97 Å². The SMILES string of the molecule is Cc1ccc(-c2cc(C(=O)Nc3ccc[nH]c3=O)c3ccccc3n2)o1. The van der Waals surface area contributed by atoms with Gasteiger partial charge in [-0.1, -0.05) is 18.2 Å². The van der Waals surface area contributed by atoms with E-state index in [1.807, 2.05) is 43.3 Å². The lowest BCUT2D eigenvalue weighted by atomic mass is 10.1. The first-order valence-corrected chi connectivity index (χ1v) is 8.07. The van der Waals surface area contributed by atoms with Gasteiger partial charge in [-0.05, 0) is 43.3 Å². The summed E-state index contributed by atoms with van der Waals surface area (Å²) in [5.74, 6) is 0.960. The van der Waals surface area contributed by atoms with Crippen molar-refractivity contribution in [2.45, 2.75) is 6.92 Å². The van der Waals surface area contributed by atoms with Gasteiger partial charge in [0, 0.05) is 11.6 Å². The molecule has 0 radical (unpaired) electrons. The average molecular weight is 345 g/mol. The molecular weight excluding hydrogens is 330 g/mol. The van der Waals surface area contributed by atoms with Crippen LogP contribution in [0.2, 0.25) is 0 Å². The molecule has 0 atom stereocenters. The second-order valence-electron chi connectivity index (χ2n) is 5.85. The van der Waals surface area contributed by atoms with Gasteiger partial charge in [-0.2, -0.15) is 0 Å². The maximum absolute atomic E-state index is 12.8. The van der Waals surface area contributed by atoms with Crippen LogP contribution in [0, 0.1) is 6.92 Å². The van der Waals surface area contributed by atoms with E-state index in [-0.39, 0.29) is 17.2 Å². The predicted molar refractivity (Wildman–Crippen MR) is 99.2 cm³/mol. The van der Waals surface area contributed by atoms with Crippen molar-refractivity contribution in [2.75, 3.05) is 5.32 Å². The minimum atomic E-state index is -0.384. The third kappa shape index (κ3) is 2.88. The molecule has 26 heavy (non-hydrogen) atoms. The first-order valence-electron chi connectivity index (χ1n) is 8.07. The summed E-state index contributed by atoms with van der Waals surface area (Å²) < 4.78 is 5.64. The highest BCUT2D eigenvalue weighted by atomic mass is 16.3. The minimum absolute atomic E-state index is 0.189. The first kappa shape index (κ1) is 15.8. The van der Waals surface area contributed by atoms with Crippen LogP contribution in [0.1, 0.15) is 16.1 Å². The zero-order chi connectivity index (χ0) is 18.1. The van der Waals surface area contributed by atoms with E-state index in [1.54, 1.807) is 18.2 Å². The molecule has 0 spiro atoms. The number of pyridine rings is 2. The van der Waals surface area contributed by atoms with Gasteiger partial charge in [0.2, 0.25) is 0 Å². The third-order valence-corrected chi connectivity index (χ3v) is 4.02. The van der Waals surface area contributed by atoms with Crippen LogP contribution >= 0.6 is 0 Å². The Morgan fingerprint density at radius 2 is 1.96 bits per heavy atom. The van der Waals surface area contributed by atoms with E-state index in [0.717, 1.165) is 5.76 Å². The highest BCUT2D eigenvalue weighted by Gasteiger charge is 2.16. The summed E-state index contributed by atoms with van der Waals surface area (Å²) in [5, 5.41) is 3.36. The van der Waals surface area contributed by atoms with Crippen LogP contribution in [0.3, 0.4) is 0 Å². The summed E-state index contributed by atoms with van der Waals surface area (Å²) in [6.07, 6.45) is 1.51. The zero-order valence-electron chi connectivity index (χ0n) is 13.9. The van der Waals surface area contributed by atoms with Gasteiger partial charge in [-0.25, -0.2) is 4.98 Å². The van der Waals surface area contributed by atoms with Crippen molar-refractivity contribution in [3.63, 3.8) is 0 Å². The lowest BCUT2D eigenvalue weighted by Gasteiger charge is -2.09. The smallest absolute Gasteiger partial charge is 0.271 e. The zero-order valence-corrected chi connectivity index (χ0v) is 13.9. The highest BCUT2D eigenvalue weighted by molar-refractivity contribution is 6.13. The number of hydrogen-bond acceptors (Lipinski definition) is 4. The standard InChI is InChI=1S/C20H15N3O3/c1-12-8-9-18(26-12)17-11-14(13-5-2-3-6-15(13)22-17)19(24)23-16-7-4-10-21-20(16)25/h2-11H,1H3,(H,21,25)(H,23,24). The lowest BCUT2D eigenvalue weighted by Crippen LogP contribution is -2.19. The highest BCUT2D eigenvalue weighted by Crippen LogP contribution is 2.26. The molecule has 0 saturated heterocycles. The molecule has 4 aromatic rings. The summed E-state index contributed by atoms with van der Waals surface area (Å²) in [7, 11) is 0. The Morgan fingerprint density at radius 1 is 1.12 bits per heavy atom. The molecule has 0 aliphatic rings.